The van der Waals surface area contributed by atoms with Crippen LogP contribution >= 0.6 is 0 Å². The summed E-state index contributed by atoms with van der Waals surface area (Å²) in [5.74, 6) is 0. The second-order valence-corrected chi connectivity index (χ2v) is 1.39. The van der Waals surface area contributed by atoms with Gasteiger partial charge in [0.05, 0.1) is 0 Å². The van der Waals surface area contributed by atoms with Gasteiger partial charge in [-0.1, -0.05) is 12.2 Å². The molecule has 0 aromatic carbocycles. The SMILES string of the molecule is C/C=C/CCN[C]=O. The summed E-state index contributed by atoms with van der Waals surface area (Å²) in [6.07, 6.45) is 6.43. The Hall–Kier alpha value is -0.790. The number of hydrogen-bond donors (Lipinski definition) is 1. The summed E-state index contributed by atoms with van der Waals surface area (Å²) in [7, 11) is 0. The summed E-state index contributed by atoms with van der Waals surface area (Å²) in [5.41, 5.74) is 0. The van der Waals surface area contributed by atoms with Crippen molar-refractivity contribution in [1.29, 1.82) is 0 Å². The minimum absolute atomic E-state index is 0.688. The van der Waals surface area contributed by atoms with Crippen molar-refractivity contribution < 1.29 is 4.79 Å². The predicted octanol–water partition coefficient (Wildman–Crippen LogP) is 0.609. The van der Waals surface area contributed by atoms with Crippen LogP contribution in [0.15, 0.2) is 12.2 Å². The van der Waals surface area contributed by atoms with Gasteiger partial charge in [-0.05, 0) is 13.3 Å². The predicted molar refractivity (Wildman–Crippen MR) is 33.1 cm³/mol. The average molecular weight is 112 g/mol. The summed E-state index contributed by atoms with van der Waals surface area (Å²) in [6, 6.07) is 0. The van der Waals surface area contributed by atoms with Gasteiger partial charge in [-0.25, -0.2) is 0 Å². The van der Waals surface area contributed by atoms with Gasteiger partial charge in [-0.2, -0.15) is 0 Å². The highest BCUT2D eigenvalue weighted by Gasteiger charge is 1.75. The molecule has 0 heterocycles. The first kappa shape index (κ1) is 7.21. The minimum Gasteiger partial charge on any atom is -0.348 e. The van der Waals surface area contributed by atoms with Crippen LogP contribution in [0.25, 0.3) is 0 Å². The van der Waals surface area contributed by atoms with E-state index in [2.05, 4.69) is 5.32 Å². The molecule has 0 rings (SSSR count). The second kappa shape index (κ2) is 6.21. The minimum atomic E-state index is 0.688. The Kier molecular flexibility index (Phi) is 5.60. The maximum Gasteiger partial charge on any atom is 0.309 e. The molecule has 0 fully saturated rings. The van der Waals surface area contributed by atoms with Crippen LogP contribution in [0, 0.1) is 0 Å². The van der Waals surface area contributed by atoms with E-state index >= 15 is 0 Å². The Labute approximate surface area is 49.6 Å². The number of hydrogen-bond acceptors (Lipinski definition) is 1. The molecule has 1 radical (unpaired) electrons. The van der Waals surface area contributed by atoms with E-state index in [-0.39, 0.29) is 0 Å². The van der Waals surface area contributed by atoms with Crippen molar-refractivity contribution in [2.45, 2.75) is 13.3 Å². The first-order valence-electron chi connectivity index (χ1n) is 2.63. The van der Waals surface area contributed by atoms with Gasteiger partial charge >= 0.3 is 6.41 Å². The fourth-order valence-corrected chi connectivity index (χ4v) is 0.373. The van der Waals surface area contributed by atoms with Gasteiger partial charge in [0, 0.05) is 6.54 Å². The summed E-state index contributed by atoms with van der Waals surface area (Å²) in [5, 5.41) is 2.43. The normalized spacial score (nSPS) is 9.62. The van der Waals surface area contributed by atoms with Crippen LogP contribution in [-0.2, 0) is 4.79 Å². The van der Waals surface area contributed by atoms with Gasteiger partial charge in [0.25, 0.3) is 0 Å². The van der Waals surface area contributed by atoms with Crippen LogP contribution < -0.4 is 5.32 Å². The number of nitrogens with one attached hydrogen (secondary N) is 1. The van der Waals surface area contributed by atoms with Crippen LogP contribution in [-0.4, -0.2) is 13.0 Å². The molecule has 0 spiro atoms. The average Bonchev–Trinajstić information content (AvgIpc) is 1.81. The number of allylic oxidation sites excluding steroid dienone is 1. The fourth-order valence-electron chi connectivity index (χ4n) is 0.373. The summed E-state index contributed by atoms with van der Waals surface area (Å²) < 4.78 is 0. The smallest absolute Gasteiger partial charge is 0.309 e. The summed E-state index contributed by atoms with van der Waals surface area (Å²) in [4.78, 5) is 9.51. The first-order valence-corrected chi connectivity index (χ1v) is 2.63. The molecule has 45 valence electrons. The third-order valence-corrected chi connectivity index (χ3v) is 0.744. The molecule has 0 aliphatic carbocycles. The zero-order chi connectivity index (χ0) is 6.24. The van der Waals surface area contributed by atoms with Crippen LogP contribution in [0.3, 0.4) is 0 Å². The monoisotopic (exact) mass is 112 g/mol. The molecule has 0 saturated carbocycles. The highest BCUT2D eigenvalue weighted by molar-refractivity contribution is 5.46. The summed E-state index contributed by atoms with van der Waals surface area (Å²) in [6.45, 7) is 2.64. The van der Waals surface area contributed by atoms with E-state index in [4.69, 9.17) is 0 Å². The van der Waals surface area contributed by atoms with Crippen LogP contribution in [0.1, 0.15) is 13.3 Å². The van der Waals surface area contributed by atoms with E-state index in [1.165, 1.54) is 0 Å². The van der Waals surface area contributed by atoms with Crippen LogP contribution in [0.4, 0.5) is 0 Å². The molecule has 1 amide bonds. The third kappa shape index (κ3) is 5.21. The van der Waals surface area contributed by atoms with Crippen molar-refractivity contribution in [3.63, 3.8) is 0 Å². The Morgan fingerprint density at radius 1 is 1.75 bits per heavy atom. The highest BCUT2D eigenvalue weighted by Crippen LogP contribution is 1.76. The molecular formula is C6H10NO. The van der Waals surface area contributed by atoms with Gasteiger partial charge in [-0.3, -0.25) is 4.79 Å². The topological polar surface area (TPSA) is 29.1 Å². The molecule has 2 heteroatoms. The summed E-state index contributed by atoms with van der Waals surface area (Å²) >= 11 is 0. The number of carbonyl (C=O) groups excluding carboxylic acids is 1. The quantitative estimate of drug-likeness (QED) is 0.322. The van der Waals surface area contributed by atoms with Crippen molar-refractivity contribution >= 4 is 6.41 Å². The van der Waals surface area contributed by atoms with Crippen molar-refractivity contribution in [2.75, 3.05) is 6.54 Å². The van der Waals surface area contributed by atoms with Gasteiger partial charge in [0.15, 0.2) is 0 Å². The number of amides is 1. The van der Waals surface area contributed by atoms with E-state index < -0.39 is 0 Å². The zero-order valence-electron chi connectivity index (χ0n) is 4.98. The first-order chi connectivity index (χ1) is 3.91. The van der Waals surface area contributed by atoms with Gasteiger partial charge < -0.3 is 5.32 Å². The maximum absolute atomic E-state index is 9.51. The molecule has 0 aliphatic heterocycles. The lowest BCUT2D eigenvalue weighted by Gasteiger charge is -1.87. The molecule has 0 unspecified atom stereocenters. The van der Waals surface area contributed by atoms with Crippen molar-refractivity contribution in [2.24, 2.45) is 0 Å². The fraction of sp³-hybridized carbons (Fsp3) is 0.500. The highest BCUT2D eigenvalue weighted by atomic mass is 16.1. The van der Waals surface area contributed by atoms with E-state index in [1.807, 2.05) is 19.1 Å². The van der Waals surface area contributed by atoms with E-state index in [1.54, 1.807) is 6.41 Å². The molecule has 0 saturated heterocycles. The Balaban J connectivity index is 2.82. The lowest BCUT2D eigenvalue weighted by atomic mass is 10.4. The molecule has 1 N–H and O–H groups in total. The molecular weight excluding hydrogens is 102 g/mol. The Morgan fingerprint density at radius 2 is 2.50 bits per heavy atom. The molecule has 0 atom stereocenters. The van der Waals surface area contributed by atoms with Gasteiger partial charge in [0.1, 0.15) is 0 Å². The van der Waals surface area contributed by atoms with Crippen LogP contribution in [0.5, 0.6) is 0 Å². The van der Waals surface area contributed by atoms with Gasteiger partial charge in [0.2, 0.25) is 0 Å². The van der Waals surface area contributed by atoms with E-state index in [0.717, 1.165) is 6.42 Å². The van der Waals surface area contributed by atoms with E-state index in [9.17, 15) is 4.79 Å². The van der Waals surface area contributed by atoms with Crippen molar-refractivity contribution in [3.8, 4) is 0 Å². The molecule has 0 aromatic heterocycles. The number of rotatable bonds is 4. The van der Waals surface area contributed by atoms with Crippen molar-refractivity contribution in [1.82, 2.24) is 5.32 Å². The molecule has 0 bridgehead atoms. The van der Waals surface area contributed by atoms with Gasteiger partial charge in [-0.15, -0.1) is 0 Å². The maximum atomic E-state index is 9.51. The lowest BCUT2D eigenvalue weighted by Crippen LogP contribution is -2.10. The standard InChI is InChI=1S/C6H10NO/c1-2-3-4-5-7-6-8/h2-3H,4-5H2,1H3,(H,7,8)/b3-2+. The molecule has 2 nitrogen and oxygen atoms in total. The molecule has 0 aliphatic rings. The largest absolute Gasteiger partial charge is 0.348 e. The zero-order valence-corrected chi connectivity index (χ0v) is 4.98. The molecule has 8 heavy (non-hydrogen) atoms. The van der Waals surface area contributed by atoms with Crippen molar-refractivity contribution in [3.05, 3.63) is 12.2 Å². The Bertz CT molecular complexity index is 78.6. The van der Waals surface area contributed by atoms with Crippen LogP contribution in [0.2, 0.25) is 0 Å². The third-order valence-electron chi connectivity index (χ3n) is 0.744. The molecule has 0 aromatic rings. The van der Waals surface area contributed by atoms with E-state index in [0.29, 0.717) is 6.54 Å². The lowest BCUT2D eigenvalue weighted by molar-refractivity contribution is 0.542. The second-order valence-electron chi connectivity index (χ2n) is 1.39. The Morgan fingerprint density at radius 3 is 3.00 bits per heavy atom.